The first-order valence-electron chi connectivity index (χ1n) is 9.15. The minimum Gasteiger partial charge on any atom is -0.390 e. The molecule has 0 saturated heterocycles. The molecule has 0 fully saturated rings. The summed E-state index contributed by atoms with van der Waals surface area (Å²) in [5, 5.41) is 39.8. The molecule has 4 atom stereocenters. The van der Waals surface area contributed by atoms with E-state index in [1.165, 1.54) is 0 Å². The summed E-state index contributed by atoms with van der Waals surface area (Å²) in [4.78, 5) is 0. The van der Waals surface area contributed by atoms with Crippen molar-refractivity contribution < 1.29 is 20.4 Å². The fourth-order valence-electron chi connectivity index (χ4n) is 4.09. The zero-order valence-electron chi connectivity index (χ0n) is 14.5. The Labute approximate surface area is 153 Å². The van der Waals surface area contributed by atoms with E-state index in [0.29, 0.717) is 25.7 Å². The largest absolute Gasteiger partial charge is 0.390 e. The summed E-state index contributed by atoms with van der Waals surface area (Å²) in [6.07, 6.45) is 3.09. The van der Waals surface area contributed by atoms with Gasteiger partial charge in [-0.05, 0) is 33.4 Å². The number of rotatable bonds is 2. The van der Waals surface area contributed by atoms with Gasteiger partial charge < -0.3 is 20.4 Å². The summed E-state index contributed by atoms with van der Waals surface area (Å²) >= 11 is 0. The van der Waals surface area contributed by atoms with E-state index in [1.807, 2.05) is 48.6 Å². The van der Waals surface area contributed by atoms with E-state index in [2.05, 4.69) is 0 Å². The van der Waals surface area contributed by atoms with Crippen LogP contribution >= 0.6 is 0 Å². The first-order chi connectivity index (χ1) is 12.5. The molecule has 2 aliphatic carbocycles. The van der Waals surface area contributed by atoms with Crippen LogP contribution in [0.2, 0.25) is 0 Å². The Morgan fingerprint density at radius 2 is 0.962 bits per heavy atom. The Hall–Kier alpha value is -1.98. The summed E-state index contributed by atoms with van der Waals surface area (Å²) in [5.41, 5.74) is 6.42. The predicted octanol–water partition coefficient (Wildman–Crippen LogP) is 1.50. The lowest BCUT2D eigenvalue weighted by molar-refractivity contribution is 0.0141. The highest BCUT2D eigenvalue weighted by atomic mass is 16.3. The summed E-state index contributed by atoms with van der Waals surface area (Å²) in [7, 11) is 0. The molecular formula is C22H24O4. The van der Waals surface area contributed by atoms with E-state index >= 15 is 0 Å². The molecule has 2 aromatic carbocycles. The molecule has 0 unspecified atom stereocenters. The molecule has 0 amide bonds. The van der Waals surface area contributed by atoms with Crippen molar-refractivity contribution in [3.8, 4) is 0 Å². The van der Waals surface area contributed by atoms with Gasteiger partial charge in [0, 0.05) is 25.7 Å². The molecule has 0 aromatic heterocycles. The summed E-state index contributed by atoms with van der Waals surface area (Å²) in [5.74, 6) is 0. The minimum atomic E-state index is -0.724. The molecule has 0 heterocycles. The number of fused-ring (bicyclic) bond motifs is 2. The Morgan fingerprint density at radius 1 is 0.577 bits per heavy atom. The zero-order valence-corrected chi connectivity index (χ0v) is 14.5. The SMILES string of the molecule is O[C@@H]1Cc2cccc(/C=C/c3cccc4c3C[C@H](O)[C@H](O)C4)c2C[C@@H]1O. The third kappa shape index (κ3) is 3.21. The van der Waals surface area contributed by atoms with Gasteiger partial charge in [-0.1, -0.05) is 48.6 Å². The van der Waals surface area contributed by atoms with Gasteiger partial charge >= 0.3 is 0 Å². The highest BCUT2D eigenvalue weighted by molar-refractivity contribution is 5.74. The average Bonchev–Trinajstić information content (AvgIpc) is 2.62. The highest BCUT2D eigenvalue weighted by Gasteiger charge is 2.27. The first kappa shape index (κ1) is 17.4. The van der Waals surface area contributed by atoms with Gasteiger partial charge in [0.2, 0.25) is 0 Å². The van der Waals surface area contributed by atoms with Gasteiger partial charge in [0.25, 0.3) is 0 Å². The van der Waals surface area contributed by atoms with E-state index in [9.17, 15) is 20.4 Å². The lowest BCUT2D eigenvalue weighted by atomic mass is 9.83. The van der Waals surface area contributed by atoms with Crippen LogP contribution in [0.4, 0.5) is 0 Å². The Kier molecular flexibility index (Phi) is 4.67. The maximum Gasteiger partial charge on any atom is 0.0842 e. The van der Waals surface area contributed by atoms with Crippen LogP contribution in [0.3, 0.4) is 0 Å². The highest BCUT2D eigenvalue weighted by Crippen LogP contribution is 2.29. The normalized spacial score (nSPS) is 28.0. The lowest BCUT2D eigenvalue weighted by Crippen LogP contribution is -2.35. The van der Waals surface area contributed by atoms with Crippen LogP contribution < -0.4 is 0 Å². The molecule has 4 rings (SSSR count). The molecule has 26 heavy (non-hydrogen) atoms. The second kappa shape index (κ2) is 6.97. The third-order valence-corrected chi connectivity index (χ3v) is 5.63. The van der Waals surface area contributed by atoms with Crippen molar-refractivity contribution in [3.63, 3.8) is 0 Å². The van der Waals surface area contributed by atoms with Gasteiger partial charge in [0.15, 0.2) is 0 Å². The Balaban J connectivity index is 1.67. The predicted molar refractivity (Wildman–Crippen MR) is 101 cm³/mol. The molecule has 0 bridgehead atoms. The van der Waals surface area contributed by atoms with E-state index in [0.717, 1.165) is 33.4 Å². The summed E-state index contributed by atoms with van der Waals surface area (Å²) in [6.45, 7) is 0. The summed E-state index contributed by atoms with van der Waals surface area (Å²) < 4.78 is 0. The van der Waals surface area contributed by atoms with Crippen molar-refractivity contribution in [1.82, 2.24) is 0 Å². The molecule has 0 spiro atoms. The van der Waals surface area contributed by atoms with E-state index in [-0.39, 0.29) is 0 Å². The monoisotopic (exact) mass is 352 g/mol. The molecule has 4 nitrogen and oxygen atoms in total. The molecule has 0 radical (unpaired) electrons. The van der Waals surface area contributed by atoms with Crippen LogP contribution in [0.5, 0.6) is 0 Å². The summed E-state index contributed by atoms with van der Waals surface area (Å²) in [6, 6.07) is 12.0. The van der Waals surface area contributed by atoms with Gasteiger partial charge in [-0.3, -0.25) is 0 Å². The minimum absolute atomic E-state index is 0.453. The topological polar surface area (TPSA) is 80.9 Å². The van der Waals surface area contributed by atoms with Crippen LogP contribution in [0, 0.1) is 0 Å². The van der Waals surface area contributed by atoms with Gasteiger partial charge in [0.05, 0.1) is 24.4 Å². The van der Waals surface area contributed by atoms with Crippen molar-refractivity contribution in [2.75, 3.05) is 0 Å². The van der Waals surface area contributed by atoms with Crippen molar-refractivity contribution in [2.24, 2.45) is 0 Å². The van der Waals surface area contributed by atoms with Crippen LogP contribution in [-0.4, -0.2) is 44.8 Å². The van der Waals surface area contributed by atoms with Crippen LogP contribution in [-0.2, 0) is 25.7 Å². The zero-order chi connectivity index (χ0) is 18.3. The van der Waals surface area contributed by atoms with Gasteiger partial charge in [-0.15, -0.1) is 0 Å². The molecule has 0 saturated carbocycles. The third-order valence-electron chi connectivity index (χ3n) is 5.63. The van der Waals surface area contributed by atoms with Crippen molar-refractivity contribution in [1.29, 1.82) is 0 Å². The number of aliphatic hydroxyl groups excluding tert-OH is 4. The maximum atomic E-state index is 10.0. The van der Waals surface area contributed by atoms with Crippen LogP contribution in [0.25, 0.3) is 12.2 Å². The number of hydrogen-bond donors (Lipinski definition) is 4. The number of hydrogen-bond acceptors (Lipinski definition) is 4. The van der Waals surface area contributed by atoms with Gasteiger partial charge in [-0.25, -0.2) is 0 Å². The lowest BCUT2D eigenvalue weighted by Gasteiger charge is -2.27. The molecule has 4 N–H and O–H groups in total. The Bertz CT molecular complexity index is 773. The van der Waals surface area contributed by atoms with Gasteiger partial charge in [-0.2, -0.15) is 0 Å². The second-order valence-electron chi connectivity index (χ2n) is 7.39. The van der Waals surface area contributed by atoms with E-state index in [4.69, 9.17) is 0 Å². The molecule has 2 aromatic rings. The molecule has 4 heteroatoms. The number of aliphatic hydroxyl groups is 4. The second-order valence-corrected chi connectivity index (χ2v) is 7.39. The van der Waals surface area contributed by atoms with E-state index in [1.54, 1.807) is 0 Å². The molecule has 0 aliphatic heterocycles. The number of benzene rings is 2. The fourth-order valence-corrected chi connectivity index (χ4v) is 4.09. The molecular weight excluding hydrogens is 328 g/mol. The molecule has 136 valence electrons. The van der Waals surface area contributed by atoms with Crippen molar-refractivity contribution >= 4 is 12.2 Å². The average molecular weight is 352 g/mol. The quantitative estimate of drug-likeness (QED) is 0.618. The van der Waals surface area contributed by atoms with Crippen LogP contribution in [0.15, 0.2) is 36.4 Å². The fraction of sp³-hybridized carbons (Fsp3) is 0.364. The van der Waals surface area contributed by atoms with Gasteiger partial charge in [0.1, 0.15) is 0 Å². The van der Waals surface area contributed by atoms with Crippen molar-refractivity contribution in [3.05, 3.63) is 69.8 Å². The Morgan fingerprint density at radius 3 is 1.38 bits per heavy atom. The van der Waals surface area contributed by atoms with E-state index < -0.39 is 24.4 Å². The first-order valence-corrected chi connectivity index (χ1v) is 9.15. The molecule has 2 aliphatic rings. The maximum absolute atomic E-state index is 10.0. The van der Waals surface area contributed by atoms with Crippen molar-refractivity contribution in [2.45, 2.75) is 50.1 Å². The smallest absolute Gasteiger partial charge is 0.0842 e. The standard InChI is InChI=1S/C22H24O4/c23-19-9-15-5-1-3-13(17(15)11-21(19)25)7-8-14-4-2-6-16-10-20(24)22(26)12-18(14)16/h1-8,19-26H,9-12H2/b8-7+/t19-,20-,21+,22+/m1/s1. The van der Waals surface area contributed by atoms with Crippen LogP contribution in [0.1, 0.15) is 33.4 Å².